The third-order valence-electron chi connectivity index (χ3n) is 16.4. The Morgan fingerprint density at radius 3 is 2.16 bits per heavy atom. The number of hydrogen-bond acceptors (Lipinski definition) is 6. The molecule has 0 aromatic heterocycles. The number of carbonyl (C=O) groups is 4. The highest BCUT2D eigenvalue weighted by Crippen LogP contribution is 2.77. The van der Waals surface area contributed by atoms with Gasteiger partial charge in [-0.3, -0.25) is 14.4 Å². The second kappa shape index (κ2) is 14.2. The molecule has 1 amide bonds. The Kier molecular flexibility index (Phi) is 10.6. The topological polar surface area (TPSA) is 110 Å². The zero-order valence-corrected chi connectivity index (χ0v) is 35.3. The molecule has 0 saturated heterocycles. The highest BCUT2D eigenvalue weighted by Gasteiger charge is 2.71. The minimum Gasteiger partial charge on any atom is -0.481 e. The molecule has 4 fully saturated rings. The van der Waals surface area contributed by atoms with Gasteiger partial charge >= 0.3 is 17.9 Å². The Morgan fingerprint density at radius 2 is 1.55 bits per heavy atom. The van der Waals surface area contributed by atoms with Crippen molar-refractivity contribution in [2.75, 3.05) is 20.7 Å². The third-order valence-corrected chi connectivity index (χ3v) is 16.4. The van der Waals surface area contributed by atoms with E-state index in [1.807, 2.05) is 32.9 Å². The number of amides is 1. The summed E-state index contributed by atoms with van der Waals surface area (Å²) in [6.07, 6.45) is 11.0. The number of likely N-dealkylation sites (N-methyl/N-ethyl adjacent to an activating group) is 1. The lowest BCUT2D eigenvalue weighted by Gasteiger charge is -2.72. The maximum atomic E-state index is 13.4. The van der Waals surface area contributed by atoms with Crippen LogP contribution in [0.1, 0.15) is 142 Å². The van der Waals surface area contributed by atoms with E-state index in [2.05, 4.69) is 59.4 Å². The number of rotatable bonds is 9. The van der Waals surface area contributed by atoms with E-state index in [9.17, 15) is 24.3 Å². The summed E-state index contributed by atoms with van der Waals surface area (Å²) < 4.78 is 10.4. The minimum absolute atomic E-state index is 0.0175. The van der Waals surface area contributed by atoms with Crippen LogP contribution in [0.2, 0.25) is 0 Å². The van der Waals surface area contributed by atoms with Crippen molar-refractivity contribution in [3.05, 3.63) is 53.6 Å². The summed E-state index contributed by atoms with van der Waals surface area (Å²) in [7, 11) is 3.08. The predicted molar refractivity (Wildman–Crippen MR) is 215 cm³/mol. The van der Waals surface area contributed by atoms with Gasteiger partial charge < -0.3 is 19.5 Å². The number of benzene rings is 1. The molecular formula is C47H67NO7. The summed E-state index contributed by atoms with van der Waals surface area (Å²) >= 11 is 0. The van der Waals surface area contributed by atoms with Gasteiger partial charge in [-0.1, -0.05) is 65.0 Å². The number of carbonyl (C=O) groups excluding carboxylic acids is 3. The predicted octanol–water partition coefficient (Wildman–Crippen LogP) is 9.77. The van der Waals surface area contributed by atoms with Crippen molar-refractivity contribution in [3.8, 4) is 0 Å². The Labute approximate surface area is 329 Å². The van der Waals surface area contributed by atoms with Crippen molar-refractivity contribution in [2.24, 2.45) is 56.7 Å². The highest BCUT2D eigenvalue weighted by atomic mass is 16.6. The molecule has 302 valence electrons. The zero-order chi connectivity index (χ0) is 40.5. The first-order valence-electron chi connectivity index (χ1n) is 20.8. The van der Waals surface area contributed by atoms with Gasteiger partial charge in [0.05, 0.1) is 24.5 Å². The van der Waals surface area contributed by atoms with E-state index in [1.54, 1.807) is 11.9 Å². The van der Waals surface area contributed by atoms with Gasteiger partial charge in [0.25, 0.3) is 0 Å². The van der Waals surface area contributed by atoms with Crippen LogP contribution in [0.5, 0.6) is 0 Å². The number of fused-ring (bicyclic) bond motifs is 7. The first-order valence-corrected chi connectivity index (χ1v) is 20.8. The van der Waals surface area contributed by atoms with Crippen molar-refractivity contribution in [1.82, 2.24) is 4.90 Å². The van der Waals surface area contributed by atoms with Gasteiger partial charge in [0.2, 0.25) is 5.91 Å². The number of ether oxygens (including phenoxy) is 2. The summed E-state index contributed by atoms with van der Waals surface area (Å²) in [5.41, 5.74) is 2.79. The number of methoxy groups -OCH3 is 1. The molecule has 1 aromatic carbocycles. The molecule has 1 N–H and O–H groups in total. The second-order valence-corrected chi connectivity index (χ2v) is 20.4. The number of carboxylic acids is 1. The Bertz CT molecular complexity index is 1750. The fourth-order valence-corrected chi connectivity index (χ4v) is 13.7. The summed E-state index contributed by atoms with van der Waals surface area (Å²) in [6, 6.07) is 7.99. The molecule has 8 nitrogen and oxygen atoms in total. The van der Waals surface area contributed by atoms with Gasteiger partial charge in [-0.2, -0.15) is 0 Å². The molecule has 1 aromatic rings. The molecular weight excluding hydrogens is 691 g/mol. The molecule has 55 heavy (non-hydrogen) atoms. The normalized spacial score (nSPS) is 36.2. The van der Waals surface area contributed by atoms with Gasteiger partial charge in [0.15, 0.2) is 0 Å². The summed E-state index contributed by atoms with van der Waals surface area (Å²) in [6.45, 7) is 23.1. The number of nitrogens with zero attached hydrogens (tertiary/aromatic N) is 1. The van der Waals surface area contributed by atoms with E-state index in [0.717, 1.165) is 50.5 Å². The maximum absolute atomic E-state index is 13.4. The fourth-order valence-electron chi connectivity index (χ4n) is 13.7. The van der Waals surface area contributed by atoms with E-state index in [4.69, 9.17) is 9.47 Å². The van der Waals surface area contributed by atoms with Gasteiger partial charge in [0.1, 0.15) is 5.60 Å². The van der Waals surface area contributed by atoms with Crippen LogP contribution >= 0.6 is 0 Å². The number of esters is 2. The number of aliphatic carboxylic acids is 1. The van der Waals surface area contributed by atoms with Crippen molar-refractivity contribution in [2.45, 2.75) is 132 Å². The van der Waals surface area contributed by atoms with Gasteiger partial charge in [-0.15, -0.1) is 0 Å². The molecule has 6 rings (SSSR count). The molecule has 5 aliphatic rings. The zero-order valence-electron chi connectivity index (χ0n) is 35.3. The number of carboxylic acid groups (broad SMARTS) is 1. The average Bonchev–Trinajstić information content (AvgIpc) is 3.51. The van der Waals surface area contributed by atoms with Crippen LogP contribution in [0.4, 0.5) is 0 Å². The minimum atomic E-state index is -0.765. The molecule has 0 radical (unpaired) electrons. The first-order chi connectivity index (χ1) is 25.6. The second-order valence-electron chi connectivity index (χ2n) is 20.4. The Balaban J connectivity index is 1.26. The first kappa shape index (κ1) is 41.2. The summed E-state index contributed by atoms with van der Waals surface area (Å²) in [5, 5.41) is 11.0. The van der Waals surface area contributed by atoms with Crippen molar-refractivity contribution in [3.63, 3.8) is 0 Å². The van der Waals surface area contributed by atoms with Crippen molar-refractivity contribution < 1.29 is 33.8 Å². The van der Waals surface area contributed by atoms with Crippen molar-refractivity contribution in [1.29, 1.82) is 0 Å². The monoisotopic (exact) mass is 757 g/mol. The SMILES string of the molecule is C=C(CN(C)C(=O)CCC(=O)OC)C1CCC2(C(=O)O)CCC3(C)C(CCC4C5(C)CC=C(c6ccc(C(=O)OC(C)(C)C)cc6)C(C)(C)C5CCC43C)C12. The largest absolute Gasteiger partial charge is 0.481 e. The van der Waals surface area contributed by atoms with Crippen LogP contribution in [0.15, 0.2) is 42.5 Å². The lowest BCUT2D eigenvalue weighted by atomic mass is 9.32. The third kappa shape index (κ3) is 6.69. The van der Waals surface area contributed by atoms with Crippen LogP contribution in [0.3, 0.4) is 0 Å². The smallest absolute Gasteiger partial charge is 0.338 e. The quantitative estimate of drug-likeness (QED) is 0.197. The molecule has 0 heterocycles. The molecule has 4 saturated carbocycles. The van der Waals surface area contributed by atoms with Crippen molar-refractivity contribution >= 4 is 29.4 Å². The Morgan fingerprint density at radius 1 is 0.873 bits per heavy atom. The maximum Gasteiger partial charge on any atom is 0.338 e. The number of allylic oxidation sites excluding steroid dienone is 2. The summed E-state index contributed by atoms with van der Waals surface area (Å²) in [4.78, 5) is 52.5. The van der Waals surface area contributed by atoms with E-state index < -0.39 is 23.0 Å². The summed E-state index contributed by atoms with van der Waals surface area (Å²) in [5.74, 6) is -0.240. The average molecular weight is 758 g/mol. The van der Waals surface area contributed by atoms with Gasteiger partial charge in [-0.05, 0) is 153 Å². The van der Waals surface area contributed by atoms with Crippen LogP contribution in [-0.4, -0.2) is 60.1 Å². The van der Waals surface area contributed by atoms with Crippen LogP contribution in [0.25, 0.3) is 5.57 Å². The standard InChI is InChI=1S/C47H67NO7/c1-29(28-48(10)37(49)18-19-38(50)54-11)32-20-25-47(41(52)53)27-26-45(8)34(39(32)47)16-17-36-44(7)23-21-33(43(5,6)35(44)22-24-46(36,45)9)30-12-14-31(15-13-30)40(51)55-42(2,3)4/h12-15,21,32,34-36,39H,1,16-20,22-28H2,2-11H3,(H,52,53). The molecule has 0 bridgehead atoms. The number of hydrogen-bond donors (Lipinski definition) is 1. The fraction of sp³-hybridized carbons (Fsp3) is 0.702. The highest BCUT2D eigenvalue weighted by molar-refractivity contribution is 5.90. The molecule has 0 spiro atoms. The molecule has 5 aliphatic carbocycles. The lowest BCUT2D eigenvalue weighted by Crippen LogP contribution is -2.66. The molecule has 9 unspecified atom stereocenters. The van der Waals surface area contributed by atoms with E-state index >= 15 is 0 Å². The van der Waals surface area contributed by atoms with E-state index in [1.165, 1.54) is 18.2 Å². The van der Waals surface area contributed by atoms with E-state index in [-0.39, 0.29) is 64.1 Å². The van der Waals surface area contributed by atoms with Crippen LogP contribution in [0, 0.1) is 56.7 Å². The molecule has 8 heteroatoms. The van der Waals surface area contributed by atoms with Crippen LogP contribution in [-0.2, 0) is 23.9 Å². The molecule has 9 atom stereocenters. The van der Waals surface area contributed by atoms with Gasteiger partial charge in [-0.25, -0.2) is 4.79 Å². The molecule has 0 aliphatic heterocycles. The van der Waals surface area contributed by atoms with Gasteiger partial charge in [0, 0.05) is 20.0 Å². The van der Waals surface area contributed by atoms with E-state index in [0.29, 0.717) is 36.8 Å². The Hall–Kier alpha value is -3.42. The lowest BCUT2D eigenvalue weighted by molar-refractivity contribution is -0.228. The van der Waals surface area contributed by atoms with Crippen LogP contribution < -0.4 is 0 Å².